The Kier molecular flexibility index (Phi) is 7.49. The van der Waals surface area contributed by atoms with Gasteiger partial charge in [0, 0.05) is 76.6 Å². The highest BCUT2D eigenvalue weighted by Crippen LogP contribution is 2.38. The Balaban J connectivity index is 0.832. The second kappa shape index (κ2) is 12.6. The lowest BCUT2D eigenvalue weighted by molar-refractivity contribution is 0.634. The number of aliphatic imine (C=N–C) groups is 1. The number of rotatable bonds is 6. The van der Waals surface area contributed by atoms with E-state index in [9.17, 15) is 0 Å². The quantitative estimate of drug-likeness (QED) is 0.173. The molecule has 1 aliphatic heterocycles. The van der Waals surface area contributed by atoms with Gasteiger partial charge in [-0.1, -0.05) is 104 Å². The summed E-state index contributed by atoms with van der Waals surface area (Å²) in [6.07, 6.45) is 21.8. The van der Waals surface area contributed by atoms with Crippen molar-refractivity contribution in [3.8, 4) is 16.8 Å². The second-order valence-corrected chi connectivity index (χ2v) is 14.5. The maximum absolute atomic E-state index is 4.60. The van der Waals surface area contributed by atoms with Crippen LogP contribution in [0.25, 0.3) is 50.4 Å². The highest BCUT2D eigenvalue weighted by Gasteiger charge is 2.24. The molecular weight excluding hydrogens is 633 g/mol. The van der Waals surface area contributed by atoms with Gasteiger partial charge in [-0.2, -0.15) is 0 Å². The van der Waals surface area contributed by atoms with Crippen molar-refractivity contribution in [1.82, 2.24) is 14.1 Å². The normalized spacial score (nSPS) is 17.8. The van der Waals surface area contributed by atoms with Gasteiger partial charge in [-0.3, -0.25) is 9.98 Å². The highest BCUT2D eigenvalue weighted by atomic mass is 15.0. The van der Waals surface area contributed by atoms with E-state index in [1.165, 1.54) is 83.5 Å². The predicted octanol–water partition coefficient (Wildman–Crippen LogP) is 11.0. The fourth-order valence-corrected chi connectivity index (χ4v) is 8.77. The summed E-state index contributed by atoms with van der Waals surface area (Å²) in [5.41, 5.74) is 16.9. The molecule has 10 rings (SSSR count). The Morgan fingerprint density at radius 2 is 1.48 bits per heavy atom. The zero-order valence-corrected chi connectivity index (χ0v) is 29.4. The molecule has 2 aliphatic carbocycles. The Labute approximate surface area is 304 Å². The maximum atomic E-state index is 4.60. The van der Waals surface area contributed by atoms with Crippen LogP contribution in [0.15, 0.2) is 145 Å². The van der Waals surface area contributed by atoms with Gasteiger partial charge in [0.1, 0.15) is 0 Å². The molecule has 4 heteroatoms. The molecule has 0 N–H and O–H groups in total. The van der Waals surface area contributed by atoms with Crippen LogP contribution >= 0.6 is 0 Å². The number of allylic oxidation sites excluding steroid dienone is 5. The number of aromatic nitrogens is 3. The van der Waals surface area contributed by atoms with Gasteiger partial charge in [0.2, 0.25) is 0 Å². The summed E-state index contributed by atoms with van der Waals surface area (Å²) < 4.78 is 4.85. The van der Waals surface area contributed by atoms with Crippen molar-refractivity contribution in [1.29, 1.82) is 0 Å². The van der Waals surface area contributed by atoms with E-state index in [0.29, 0.717) is 11.8 Å². The topological polar surface area (TPSA) is 35.1 Å². The van der Waals surface area contributed by atoms with E-state index in [0.717, 1.165) is 32.2 Å². The number of pyridine rings is 1. The van der Waals surface area contributed by atoms with E-state index in [2.05, 4.69) is 166 Å². The summed E-state index contributed by atoms with van der Waals surface area (Å²) in [5.74, 6) is 0.715. The summed E-state index contributed by atoms with van der Waals surface area (Å²) in [4.78, 5) is 9.01. The van der Waals surface area contributed by atoms with E-state index in [-0.39, 0.29) is 0 Å². The average Bonchev–Trinajstić information content (AvgIpc) is 3.72. The lowest BCUT2D eigenvalue weighted by atomic mass is 9.83. The summed E-state index contributed by atoms with van der Waals surface area (Å²) >= 11 is 0. The highest BCUT2D eigenvalue weighted by molar-refractivity contribution is 6.10. The van der Waals surface area contributed by atoms with E-state index < -0.39 is 0 Å². The first-order valence-corrected chi connectivity index (χ1v) is 18.6. The molecule has 52 heavy (non-hydrogen) atoms. The van der Waals surface area contributed by atoms with Crippen molar-refractivity contribution in [2.45, 2.75) is 38.5 Å². The zero-order valence-electron chi connectivity index (χ0n) is 29.4. The van der Waals surface area contributed by atoms with E-state index in [1.807, 2.05) is 12.4 Å². The van der Waals surface area contributed by atoms with Crippen molar-refractivity contribution in [3.63, 3.8) is 0 Å². The monoisotopic (exact) mass is 672 g/mol. The number of para-hydroxylation sites is 1. The van der Waals surface area contributed by atoms with Crippen LogP contribution in [0.1, 0.15) is 58.5 Å². The van der Waals surface area contributed by atoms with Crippen LogP contribution in [0.5, 0.6) is 0 Å². The molecule has 4 heterocycles. The molecule has 0 spiro atoms. The molecule has 7 aromatic rings. The van der Waals surface area contributed by atoms with Gasteiger partial charge >= 0.3 is 0 Å². The molecule has 2 atom stereocenters. The van der Waals surface area contributed by atoms with Gasteiger partial charge in [0.05, 0.1) is 11.0 Å². The first-order chi connectivity index (χ1) is 25.7. The van der Waals surface area contributed by atoms with Crippen LogP contribution in [0.4, 0.5) is 0 Å². The molecule has 2 unspecified atom stereocenters. The number of nitrogens with zero attached hydrogens (tertiary/aromatic N) is 4. The van der Waals surface area contributed by atoms with Crippen molar-refractivity contribution in [2.75, 3.05) is 6.54 Å². The minimum Gasteiger partial charge on any atom is -0.313 e. The number of hydrogen-bond acceptors (Lipinski definition) is 2. The summed E-state index contributed by atoms with van der Waals surface area (Å²) in [6.45, 7) is 3.20. The standard InChI is InChI=1S/C48H40N4/c1-32-28-39(52-46-9-5-3-7-42(46)44-31-50-27-25-48(44)52)22-23-40(32)37-16-12-34(13-17-37)29-33-10-14-35(15-11-33)36-18-20-38(21-19-36)51-45-8-4-2-6-41(45)43-30-49-26-24-47(43)51/h3-5,7-23,25,27-28,30-32,40H,2,6,24,26,29H2,1H3. The first-order valence-electron chi connectivity index (χ1n) is 18.6. The zero-order chi connectivity index (χ0) is 34.6. The smallest absolute Gasteiger partial charge is 0.0571 e. The summed E-state index contributed by atoms with van der Waals surface area (Å²) in [7, 11) is 0. The van der Waals surface area contributed by atoms with Crippen LogP contribution < -0.4 is 0 Å². The van der Waals surface area contributed by atoms with Gasteiger partial charge in [0.25, 0.3) is 0 Å². The van der Waals surface area contributed by atoms with Crippen LogP contribution in [-0.4, -0.2) is 26.9 Å². The first kappa shape index (κ1) is 30.8. The molecule has 0 fully saturated rings. The average molecular weight is 673 g/mol. The lowest BCUT2D eigenvalue weighted by Crippen LogP contribution is -2.11. The molecular formula is C48H40N4. The molecule has 4 nitrogen and oxygen atoms in total. The van der Waals surface area contributed by atoms with Gasteiger partial charge in [-0.25, -0.2) is 0 Å². The third kappa shape index (κ3) is 5.21. The Hall–Kier alpha value is -6.00. The predicted molar refractivity (Wildman–Crippen MR) is 217 cm³/mol. The third-order valence-corrected chi connectivity index (χ3v) is 11.4. The van der Waals surface area contributed by atoms with Gasteiger partial charge in [-0.05, 0) is 95.0 Å². The Bertz CT molecular complexity index is 2540. The molecule has 0 saturated heterocycles. The molecule has 4 aromatic carbocycles. The Morgan fingerprint density at radius 3 is 2.29 bits per heavy atom. The third-order valence-electron chi connectivity index (χ3n) is 11.4. The fraction of sp³-hybridized carbons (Fsp3) is 0.167. The van der Waals surface area contributed by atoms with Gasteiger partial charge in [0.15, 0.2) is 0 Å². The van der Waals surface area contributed by atoms with Crippen molar-refractivity contribution >= 4 is 39.8 Å². The van der Waals surface area contributed by atoms with Crippen LogP contribution in [0, 0.1) is 5.92 Å². The molecule has 0 radical (unpaired) electrons. The Morgan fingerprint density at radius 1 is 0.731 bits per heavy atom. The number of benzene rings is 4. The largest absolute Gasteiger partial charge is 0.313 e. The van der Waals surface area contributed by atoms with Crippen molar-refractivity contribution in [2.24, 2.45) is 10.9 Å². The van der Waals surface area contributed by atoms with Crippen LogP contribution in [0.2, 0.25) is 0 Å². The maximum Gasteiger partial charge on any atom is 0.0571 e. The molecule has 3 aromatic heterocycles. The molecule has 0 saturated carbocycles. The SMILES string of the molecule is CC1C=C(n2c3ccccc3c3cnccc32)C=CC1c1ccc(Cc2ccc(-c3ccc(-n4c5c(c6c4CCN=C6)CCC=C5)cc3)cc2)cc1. The molecule has 0 bridgehead atoms. The van der Waals surface area contributed by atoms with Crippen molar-refractivity contribution < 1.29 is 0 Å². The van der Waals surface area contributed by atoms with E-state index in [1.54, 1.807) is 0 Å². The number of hydrogen-bond donors (Lipinski definition) is 0. The summed E-state index contributed by atoms with van der Waals surface area (Å²) in [5, 5.41) is 2.44. The van der Waals surface area contributed by atoms with Gasteiger partial charge < -0.3 is 9.13 Å². The van der Waals surface area contributed by atoms with Crippen LogP contribution in [-0.2, 0) is 19.3 Å². The molecule has 0 amide bonds. The van der Waals surface area contributed by atoms with E-state index in [4.69, 9.17) is 0 Å². The van der Waals surface area contributed by atoms with Crippen LogP contribution in [0.3, 0.4) is 0 Å². The fourth-order valence-electron chi connectivity index (χ4n) is 8.77. The lowest BCUT2D eigenvalue weighted by Gasteiger charge is -2.25. The summed E-state index contributed by atoms with van der Waals surface area (Å²) in [6, 6.07) is 38.2. The van der Waals surface area contributed by atoms with Crippen molar-refractivity contribution in [3.05, 3.63) is 179 Å². The minimum atomic E-state index is 0.344. The van der Waals surface area contributed by atoms with E-state index >= 15 is 0 Å². The minimum absolute atomic E-state index is 0.344. The van der Waals surface area contributed by atoms with Gasteiger partial charge in [-0.15, -0.1) is 0 Å². The number of fused-ring (bicyclic) bond motifs is 6. The second-order valence-electron chi connectivity index (χ2n) is 14.5. The molecule has 252 valence electrons. The molecule has 3 aliphatic rings.